The molecule has 1 heterocycles. The highest BCUT2D eigenvalue weighted by molar-refractivity contribution is 7.92. The number of nitrogens with zero attached hydrogens (tertiary/aromatic N) is 4. The summed E-state index contributed by atoms with van der Waals surface area (Å²) in [6, 6.07) is 14.2. The summed E-state index contributed by atoms with van der Waals surface area (Å²) in [4.78, 5) is 12.8. The van der Waals surface area contributed by atoms with E-state index in [0.717, 1.165) is 4.31 Å². The van der Waals surface area contributed by atoms with Crippen LogP contribution >= 0.6 is 11.6 Å². The number of rotatable bonds is 8. The van der Waals surface area contributed by atoms with Crippen LogP contribution in [0, 0.1) is 18.3 Å². The van der Waals surface area contributed by atoms with Crippen molar-refractivity contribution in [1.82, 2.24) is 9.78 Å². The highest BCUT2D eigenvalue weighted by atomic mass is 35.5. The first-order chi connectivity index (χ1) is 15.7. The Balaban J connectivity index is 1.90. The summed E-state index contributed by atoms with van der Waals surface area (Å²) < 4.78 is 34.1. The topological polar surface area (TPSA) is 117 Å². The van der Waals surface area contributed by atoms with E-state index in [9.17, 15) is 13.2 Å². The Bertz CT molecular complexity index is 1310. The fourth-order valence-corrected chi connectivity index (χ4v) is 4.51. The highest BCUT2D eigenvalue weighted by Gasteiger charge is 2.24. The zero-order valence-corrected chi connectivity index (χ0v) is 19.8. The van der Waals surface area contributed by atoms with Crippen molar-refractivity contribution in [1.29, 1.82) is 5.26 Å². The quantitative estimate of drug-likeness (QED) is 0.515. The minimum Gasteiger partial charge on any atom is -0.497 e. The highest BCUT2D eigenvalue weighted by Crippen LogP contribution is 2.27. The largest absolute Gasteiger partial charge is 0.497 e. The number of amides is 1. The number of nitrogens with one attached hydrogen (secondary N) is 1. The van der Waals surface area contributed by atoms with Crippen LogP contribution in [0.5, 0.6) is 5.75 Å². The number of hydrogen-bond donors (Lipinski definition) is 1. The predicted octanol–water partition coefficient (Wildman–Crippen LogP) is 3.84. The average molecular weight is 488 g/mol. The van der Waals surface area contributed by atoms with Gasteiger partial charge in [0, 0.05) is 13.1 Å². The van der Waals surface area contributed by atoms with E-state index in [1.165, 1.54) is 37.0 Å². The number of nitriles is 1. The molecule has 0 bridgehead atoms. The number of methoxy groups -OCH3 is 1. The zero-order chi connectivity index (χ0) is 24.2. The van der Waals surface area contributed by atoms with Gasteiger partial charge in [-0.2, -0.15) is 10.4 Å². The van der Waals surface area contributed by atoms with Crippen LogP contribution in [-0.2, 0) is 16.6 Å². The maximum atomic E-state index is 13.2. The summed E-state index contributed by atoms with van der Waals surface area (Å²) in [6.07, 6.45) is 0.218. The van der Waals surface area contributed by atoms with Gasteiger partial charge in [0.15, 0.2) is 0 Å². The second-order valence-electron chi connectivity index (χ2n) is 7.07. The number of aryl methyl sites for hydroxylation is 2. The number of benzene rings is 2. The monoisotopic (exact) mass is 487 g/mol. The summed E-state index contributed by atoms with van der Waals surface area (Å²) in [5, 5.41) is 15.9. The van der Waals surface area contributed by atoms with Crippen molar-refractivity contribution < 1.29 is 17.9 Å². The van der Waals surface area contributed by atoms with Crippen molar-refractivity contribution in [3.8, 4) is 11.8 Å². The summed E-state index contributed by atoms with van der Waals surface area (Å²) in [6.45, 7) is 2.06. The van der Waals surface area contributed by atoms with Gasteiger partial charge < -0.3 is 10.1 Å². The lowest BCUT2D eigenvalue weighted by Gasteiger charge is -2.20. The summed E-state index contributed by atoms with van der Waals surface area (Å²) in [5.41, 5.74) is 1.08. The third-order valence-corrected chi connectivity index (χ3v) is 6.97. The lowest BCUT2D eigenvalue weighted by molar-refractivity contribution is 0.102. The molecule has 33 heavy (non-hydrogen) atoms. The van der Waals surface area contributed by atoms with Gasteiger partial charge in [-0.1, -0.05) is 11.6 Å². The van der Waals surface area contributed by atoms with Crippen molar-refractivity contribution in [3.05, 3.63) is 64.8 Å². The summed E-state index contributed by atoms with van der Waals surface area (Å²) in [7, 11) is -1.03. The van der Waals surface area contributed by atoms with Gasteiger partial charge in [0.2, 0.25) is 0 Å². The SMILES string of the molecule is COc1ccc(N(C)S(=O)(=O)c2ccc(Cl)c(C(=O)Nc3cc(C)nn3CCC#N)c2)cc1. The molecule has 3 rings (SSSR count). The lowest BCUT2D eigenvalue weighted by Crippen LogP contribution is -2.27. The summed E-state index contributed by atoms with van der Waals surface area (Å²) in [5.74, 6) is 0.383. The first kappa shape index (κ1) is 24.1. The second kappa shape index (κ2) is 9.94. The standard InChI is InChI=1S/C22H22ClN5O4S/c1-15-13-21(28(26-15)12-4-11-24)25-22(29)19-14-18(9-10-20(19)23)33(30,31)27(2)16-5-7-17(32-3)8-6-16/h5-10,13-14H,4,12H2,1-3H3,(H,25,29). The van der Waals surface area contributed by atoms with Gasteiger partial charge in [0.25, 0.3) is 15.9 Å². The third-order valence-electron chi connectivity index (χ3n) is 4.86. The van der Waals surface area contributed by atoms with Gasteiger partial charge in [0.05, 0.1) is 53.0 Å². The normalized spacial score (nSPS) is 11.0. The lowest BCUT2D eigenvalue weighted by atomic mass is 10.2. The molecule has 0 saturated carbocycles. The number of carbonyl (C=O) groups is 1. The van der Waals surface area contributed by atoms with Crippen molar-refractivity contribution >= 4 is 39.0 Å². The average Bonchev–Trinajstić information content (AvgIpc) is 3.15. The van der Waals surface area contributed by atoms with Gasteiger partial charge in [-0.15, -0.1) is 0 Å². The Hall–Kier alpha value is -3.55. The smallest absolute Gasteiger partial charge is 0.264 e. The van der Waals surface area contributed by atoms with Crippen LogP contribution in [0.4, 0.5) is 11.5 Å². The minimum absolute atomic E-state index is 0.00782. The van der Waals surface area contributed by atoms with Crippen molar-refractivity contribution in [2.45, 2.75) is 24.8 Å². The van der Waals surface area contributed by atoms with Crippen LogP contribution in [0.2, 0.25) is 5.02 Å². The van der Waals surface area contributed by atoms with E-state index < -0.39 is 15.9 Å². The van der Waals surface area contributed by atoms with E-state index in [1.807, 2.05) is 6.07 Å². The fourth-order valence-electron chi connectivity index (χ4n) is 3.08. The van der Waals surface area contributed by atoms with Crippen LogP contribution < -0.4 is 14.4 Å². The van der Waals surface area contributed by atoms with Crippen LogP contribution in [0.3, 0.4) is 0 Å². The number of aromatic nitrogens is 2. The van der Waals surface area contributed by atoms with Crippen molar-refractivity contribution in [2.24, 2.45) is 0 Å². The Morgan fingerprint density at radius 2 is 1.94 bits per heavy atom. The first-order valence-corrected chi connectivity index (χ1v) is 11.6. The summed E-state index contributed by atoms with van der Waals surface area (Å²) >= 11 is 6.22. The van der Waals surface area contributed by atoms with Crippen LogP contribution in [0.15, 0.2) is 53.4 Å². The van der Waals surface area contributed by atoms with E-state index >= 15 is 0 Å². The maximum Gasteiger partial charge on any atom is 0.264 e. The van der Waals surface area contributed by atoms with E-state index in [2.05, 4.69) is 10.4 Å². The molecule has 0 aliphatic carbocycles. The van der Waals surface area contributed by atoms with Crippen LogP contribution in [0.1, 0.15) is 22.5 Å². The molecule has 0 spiro atoms. The molecule has 0 aliphatic heterocycles. The Labute approximate surface area is 197 Å². The Morgan fingerprint density at radius 3 is 2.58 bits per heavy atom. The minimum atomic E-state index is -3.97. The molecule has 3 aromatic rings. The molecule has 0 aliphatic rings. The molecule has 172 valence electrons. The van der Waals surface area contributed by atoms with Gasteiger partial charge >= 0.3 is 0 Å². The van der Waals surface area contributed by atoms with Gasteiger partial charge in [-0.25, -0.2) is 13.1 Å². The molecule has 0 radical (unpaired) electrons. The van der Waals surface area contributed by atoms with Crippen molar-refractivity contribution in [2.75, 3.05) is 23.8 Å². The van der Waals surface area contributed by atoms with Gasteiger partial charge in [-0.05, 0) is 49.4 Å². The molecule has 0 atom stereocenters. The van der Waals surface area contributed by atoms with Crippen molar-refractivity contribution in [3.63, 3.8) is 0 Å². The molecule has 9 nitrogen and oxygen atoms in total. The van der Waals surface area contributed by atoms with E-state index in [4.69, 9.17) is 21.6 Å². The molecule has 0 unspecified atom stereocenters. The predicted molar refractivity (Wildman–Crippen MR) is 125 cm³/mol. The molecular weight excluding hydrogens is 466 g/mol. The fraction of sp³-hybridized carbons (Fsp3) is 0.227. The zero-order valence-electron chi connectivity index (χ0n) is 18.2. The number of carbonyl (C=O) groups excluding carboxylic acids is 1. The maximum absolute atomic E-state index is 13.2. The van der Waals surface area contributed by atoms with Crippen LogP contribution in [-0.4, -0.2) is 38.3 Å². The molecule has 1 aromatic heterocycles. The number of halogens is 1. The molecule has 11 heteroatoms. The van der Waals surface area contributed by atoms with E-state index in [1.54, 1.807) is 37.3 Å². The number of hydrogen-bond acceptors (Lipinski definition) is 6. The van der Waals surface area contributed by atoms with Gasteiger partial charge in [0.1, 0.15) is 11.6 Å². The molecule has 0 saturated heterocycles. The second-order valence-corrected chi connectivity index (χ2v) is 9.45. The van der Waals surface area contributed by atoms with Crippen LogP contribution in [0.25, 0.3) is 0 Å². The molecule has 0 fully saturated rings. The molecular formula is C22H22ClN5O4S. The Morgan fingerprint density at radius 1 is 1.24 bits per heavy atom. The number of ether oxygens (including phenoxy) is 1. The first-order valence-electron chi connectivity index (χ1n) is 9.82. The molecule has 1 amide bonds. The molecule has 2 aromatic carbocycles. The van der Waals surface area contributed by atoms with Gasteiger partial charge in [-0.3, -0.25) is 9.10 Å². The Kier molecular flexibility index (Phi) is 7.26. The third kappa shape index (κ3) is 5.27. The molecule has 1 N–H and O–H groups in total. The van der Waals surface area contributed by atoms with E-state index in [0.29, 0.717) is 29.5 Å². The number of anilines is 2. The van der Waals surface area contributed by atoms with E-state index in [-0.39, 0.29) is 21.9 Å². The number of sulfonamides is 1.